The summed E-state index contributed by atoms with van der Waals surface area (Å²) < 4.78 is 19.4. The van der Waals surface area contributed by atoms with Crippen LogP contribution in [0.5, 0.6) is 5.75 Å². The van der Waals surface area contributed by atoms with Gasteiger partial charge in [-0.15, -0.1) is 0 Å². The first-order valence-corrected chi connectivity index (χ1v) is 14.0. The lowest BCUT2D eigenvalue weighted by molar-refractivity contribution is -0.152. The molecule has 2 atom stereocenters. The Balaban J connectivity index is 1.22. The number of halogens is 1. The van der Waals surface area contributed by atoms with Crippen molar-refractivity contribution in [2.75, 3.05) is 26.2 Å². The Morgan fingerprint density at radius 1 is 1.12 bits per heavy atom. The molecule has 218 valence electrons. The molecule has 0 spiro atoms. The smallest absolute Gasteiger partial charge is 0.325 e. The van der Waals surface area contributed by atoms with Gasteiger partial charge in [-0.3, -0.25) is 19.5 Å². The van der Waals surface area contributed by atoms with Crippen LogP contribution < -0.4 is 15.4 Å². The SMILES string of the molecule is Cc1cc(COc2ccc(C(=O)NC[C@@](C)(C(=O)O)N3CCNCC3Cc3ccc(F)cc3)cc2)c2ccccc2n1. The van der Waals surface area contributed by atoms with E-state index in [0.717, 1.165) is 27.7 Å². The number of ether oxygens (including phenoxy) is 1. The fraction of sp³-hybridized carbons (Fsp3) is 0.303. The largest absolute Gasteiger partial charge is 0.489 e. The number of amides is 1. The summed E-state index contributed by atoms with van der Waals surface area (Å²) >= 11 is 0. The summed E-state index contributed by atoms with van der Waals surface area (Å²) in [7, 11) is 0. The van der Waals surface area contributed by atoms with Crippen molar-refractivity contribution < 1.29 is 23.8 Å². The average Bonchev–Trinajstić information content (AvgIpc) is 3.00. The highest BCUT2D eigenvalue weighted by atomic mass is 19.1. The van der Waals surface area contributed by atoms with Crippen LogP contribution in [0.25, 0.3) is 10.9 Å². The molecule has 42 heavy (non-hydrogen) atoms. The van der Waals surface area contributed by atoms with Gasteiger partial charge in [-0.1, -0.05) is 30.3 Å². The average molecular weight is 571 g/mol. The quantitative estimate of drug-likeness (QED) is 0.261. The van der Waals surface area contributed by atoms with Gasteiger partial charge in [0, 0.05) is 54.4 Å². The second-order valence-corrected chi connectivity index (χ2v) is 10.9. The molecule has 0 radical (unpaired) electrons. The number of aryl methyl sites for hydroxylation is 1. The summed E-state index contributed by atoms with van der Waals surface area (Å²) in [5.74, 6) is -1.08. The van der Waals surface area contributed by atoms with Crippen LogP contribution in [0.4, 0.5) is 4.39 Å². The van der Waals surface area contributed by atoms with Gasteiger partial charge < -0.3 is 20.5 Å². The maximum absolute atomic E-state index is 13.4. The number of carboxylic acids is 1. The Morgan fingerprint density at radius 2 is 1.86 bits per heavy atom. The highest BCUT2D eigenvalue weighted by Crippen LogP contribution is 2.24. The molecule has 3 aromatic carbocycles. The Labute approximate surface area is 244 Å². The van der Waals surface area contributed by atoms with Gasteiger partial charge in [-0.2, -0.15) is 0 Å². The predicted octanol–water partition coefficient (Wildman–Crippen LogP) is 4.35. The molecule has 1 aromatic heterocycles. The zero-order chi connectivity index (χ0) is 29.7. The summed E-state index contributed by atoms with van der Waals surface area (Å²) in [4.78, 5) is 32.1. The van der Waals surface area contributed by atoms with Gasteiger partial charge in [-0.05, 0) is 74.4 Å². The fourth-order valence-electron chi connectivity index (χ4n) is 5.52. The molecule has 0 aliphatic carbocycles. The maximum Gasteiger partial charge on any atom is 0.325 e. The second kappa shape index (κ2) is 12.7. The number of hydrogen-bond donors (Lipinski definition) is 3. The van der Waals surface area contributed by atoms with E-state index in [1.165, 1.54) is 12.1 Å². The van der Waals surface area contributed by atoms with E-state index in [4.69, 9.17) is 4.74 Å². The Morgan fingerprint density at radius 3 is 2.60 bits per heavy atom. The molecule has 1 fully saturated rings. The Bertz CT molecular complexity index is 1560. The van der Waals surface area contributed by atoms with Gasteiger partial charge >= 0.3 is 5.97 Å². The molecule has 0 saturated carbocycles. The first-order chi connectivity index (χ1) is 20.2. The molecule has 1 unspecified atom stereocenters. The highest BCUT2D eigenvalue weighted by Gasteiger charge is 2.44. The number of piperazine rings is 1. The molecule has 4 aromatic rings. The monoisotopic (exact) mass is 570 g/mol. The number of aromatic nitrogens is 1. The van der Waals surface area contributed by atoms with Gasteiger partial charge in [0.15, 0.2) is 0 Å². The van der Waals surface area contributed by atoms with Gasteiger partial charge in [0.25, 0.3) is 5.91 Å². The van der Waals surface area contributed by atoms with Gasteiger partial charge in [0.1, 0.15) is 23.7 Å². The van der Waals surface area contributed by atoms with E-state index in [1.54, 1.807) is 43.3 Å². The molecule has 5 rings (SSSR count). The third kappa shape index (κ3) is 6.58. The van der Waals surface area contributed by atoms with Crippen molar-refractivity contribution in [3.8, 4) is 5.75 Å². The Kier molecular flexibility index (Phi) is 8.80. The minimum absolute atomic E-state index is 0.0756. The van der Waals surface area contributed by atoms with E-state index in [1.807, 2.05) is 42.2 Å². The normalized spacial score (nSPS) is 17.0. The standard InChI is InChI=1S/C33H35FN4O4/c1-22-17-25(29-5-3-4-6-30(29)37-22)20-42-28-13-9-24(10-14-28)31(39)36-21-33(2,32(40)41)38-16-15-35-19-27(38)18-23-7-11-26(34)12-8-23/h3-14,17,27,35H,15-16,18-21H2,1-2H3,(H,36,39)(H,40,41)/t27?,33-/m0/s1. The molecule has 2 heterocycles. The molecule has 1 aliphatic rings. The van der Waals surface area contributed by atoms with Crippen LogP contribution in [0.2, 0.25) is 0 Å². The van der Waals surface area contributed by atoms with E-state index >= 15 is 0 Å². The van der Waals surface area contributed by atoms with Crippen molar-refractivity contribution in [1.82, 2.24) is 20.5 Å². The van der Waals surface area contributed by atoms with Gasteiger partial charge in [-0.25, -0.2) is 4.39 Å². The molecule has 3 N–H and O–H groups in total. The van der Waals surface area contributed by atoms with Crippen LogP contribution >= 0.6 is 0 Å². The molecule has 9 heteroatoms. The summed E-state index contributed by atoms with van der Waals surface area (Å²) in [6.07, 6.45) is 0.556. The summed E-state index contributed by atoms with van der Waals surface area (Å²) in [5.41, 5.74) is 2.84. The van der Waals surface area contributed by atoms with Crippen molar-refractivity contribution in [2.45, 2.75) is 38.5 Å². The van der Waals surface area contributed by atoms with Crippen molar-refractivity contribution >= 4 is 22.8 Å². The molecule has 1 amide bonds. The lowest BCUT2D eigenvalue weighted by Crippen LogP contribution is -2.67. The first kappa shape index (κ1) is 29.2. The number of aliphatic carboxylic acids is 1. The van der Waals surface area contributed by atoms with Gasteiger partial charge in [0.2, 0.25) is 0 Å². The van der Waals surface area contributed by atoms with E-state index < -0.39 is 11.5 Å². The molecule has 1 saturated heterocycles. The van der Waals surface area contributed by atoms with Crippen LogP contribution in [0.1, 0.15) is 34.1 Å². The van der Waals surface area contributed by atoms with Gasteiger partial charge in [0.05, 0.1) is 5.52 Å². The van der Waals surface area contributed by atoms with Crippen molar-refractivity contribution in [1.29, 1.82) is 0 Å². The number of carboxylic acid groups (broad SMARTS) is 1. The van der Waals surface area contributed by atoms with Crippen molar-refractivity contribution in [3.63, 3.8) is 0 Å². The number of nitrogens with zero attached hydrogens (tertiary/aromatic N) is 2. The second-order valence-electron chi connectivity index (χ2n) is 10.9. The summed E-state index contributed by atoms with van der Waals surface area (Å²) in [6.45, 7) is 5.59. The third-order valence-electron chi connectivity index (χ3n) is 7.86. The van der Waals surface area contributed by atoms with Crippen LogP contribution in [0, 0.1) is 12.7 Å². The number of carbonyl (C=O) groups is 2. The summed E-state index contributed by atoms with van der Waals surface area (Å²) in [5, 5.41) is 17.5. The number of pyridine rings is 1. The van der Waals surface area contributed by atoms with Crippen molar-refractivity contribution in [2.24, 2.45) is 0 Å². The lowest BCUT2D eigenvalue weighted by atomic mass is 9.92. The van der Waals surface area contributed by atoms with E-state index in [2.05, 4.69) is 15.6 Å². The molecule has 0 bridgehead atoms. The topological polar surface area (TPSA) is 104 Å². The highest BCUT2D eigenvalue weighted by molar-refractivity contribution is 5.95. The number of benzene rings is 3. The minimum Gasteiger partial charge on any atom is -0.489 e. The molecular weight excluding hydrogens is 535 g/mol. The number of hydrogen-bond acceptors (Lipinski definition) is 6. The summed E-state index contributed by atoms with van der Waals surface area (Å²) in [6, 6.07) is 22.8. The van der Waals surface area contributed by atoms with E-state index in [-0.39, 0.29) is 24.3 Å². The van der Waals surface area contributed by atoms with E-state index in [0.29, 0.717) is 44.0 Å². The zero-order valence-electron chi connectivity index (χ0n) is 23.8. The van der Waals surface area contributed by atoms with E-state index in [9.17, 15) is 19.1 Å². The molecular formula is C33H35FN4O4. The van der Waals surface area contributed by atoms with Crippen LogP contribution in [-0.4, -0.2) is 64.6 Å². The first-order valence-electron chi connectivity index (χ1n) is 14.0. The number of fused-ring (bicyclic) bond motifs is 1. The Hall–Kier alpha value is -4.34. The fourth-order valence-corrected chi connectivity index (χ4v) is 5.52. The number of para-hydroxylation sites is 1. The molecule has 1 aliphatic heterocycles. The number of rotatable bonds is 10. The predicted molar refractivity (Wildman–Crippen MR) is 159 cm³/mol. The van der Waals surface area contributed by atoms with Crippen LogP contribution in [0.15, 0.2) is 78.9 Å². The lowest BCUT2D eigenvalue weighted by Gasteiger charge is -2.46. The molecule has 8 nitrogen and oxygen atoms in total. The zero-order valence-corrected chi connectivity index (χ0v) is 23.8. The van der Waals surface area contributed by atoms with Crippen molar-refractivity contribution in [3.05, 3.63) is 107 Å². The number of carbonyl (C=O) groups excluding carboxylic acids is 1. The number of nitrogens with one attached hydrogen (secondary N) is 2. The van der Waals surface area contributed by atoms with Crippen LogP contribution in [0.3, 0.4) is 0 Å². The minimum atomic E-state index is -1.34. The maximum atomic E-state index is 13.4. The third-order valence-corrected chi connectivity index (χ3v) is 7.86. The van der Waals surface area contributed by atoms with Crippen LogP contribution in [-0.2, 0) is 17.8 Å².